The molecule has 0 unspecified atom stereocenters. The van der Waals surface area contributed by atoms with Crippen LogP contribution in [0.5, 0.6) is 0 Å². The minimum atomic E-state index is 0.893. The van der Waals surface area contributed by atoms with Crippen molar-refractivity contribution in [1.29, 1.82) is 0 Å². The lowest BCUT2D eigenvalue weighted by Gasteiger charge is -2.42. The van der Waals surface area contributed by atoms with Gasteiger partial charge < -0.3 is 19.6 Å². The molecule has 0 bridgehead atoms. The molecule has 6 heteroatoms. The lowest BCUT2D eigenvalue weighted by Crippen LogP contribution is -2.25. The van der Waals surface area contributed by atoms with Gasteiger partial charge in [-0.2, -0.15) is 0 Å². The Morgan fingerprint density at radius 1 is 0.350 bits per heavy atom. The highest BCUT2D eigenvalue weighted by molar-refractivity contribution is 9.10. The molecule has 0 saturated heterocycles. The first-order valence-corrected chi connectivity index (χ1v) is 29.0. The maximum atomic E-state index is 3.74. The molecule has 17 rings (SSSR count). The summed E-state index contributed by atoms with van der Waals surface area (Å²) in [6.45, 7) is 0. The first kappa shape index (κ1) is 46.6. The third-order valence-corrected chi connectivity index (χ3v) is 18.0. The van der Waals surface area contributed by atoms with Gasteiger partial charge in [-0.15, -0.1) is 11.3 Å². The van der Waals surface area contributed by atoms with Crippen molar-refractivity contribution in [2.75, 3.05) is 19.6 Å². The number of halogens is 1. The van der Waals surface area contributed by atoms with E-state index in [9.17, 15) is 0 Å². The van der Waals surface area contributed by atoms with Gasteiger partial charge in [0.25, 0.3) is 0 Å². The number of hydrogen-bond donors (Lipinski definition) is 0. The van der Waals surface area contributed by atoms with Gasteiger partial charge in [0.05, 0.1) is 45.5 Å². The highest BCUT2D eigenvalue weighted by Crippen LogP contribution is 2.60. The monoisotopic (exact) mass is 1100 g/mol. The molecule has 0 saturated carbocycles. The summed E-state index contributed by atoms with van der Waals surface area (Å²) in [6, 6.07) is 90.4. The summed E-state index contributed by atoms with van der Waals surface area (Å²) in [5.41, 5.74) is 22.1. The highest BCUT2D eigenvalue weighted by atomic mass is 79.9. The minimum Gasteiger partial charge on any atom is -0.306 e. The average molecular weight is 1110 g/mol. The molecule has 3 heterocycles. The summed E-state index contributed by atoms with van der Waals surface area (Å²) < 4.78 is 3.73. The molecule has 2 aliphatic carbocycles. The zero-order chi connectivity index (χ0) is 52.8. The van der Waals surface area contributed by atoms with Crippen LogP contribution in [0.15, 0.2) is 265 Å². The van der Waals surface area contributed by atoms with Crippen LogP contribution in [0.4, 0.5) is 68.2 Å². The molecule has 0 fully saturated rings. The molecule has 378 valence electrons. The SMILES string of the molecule is Brc1ccc2c(c1)N(c1ccccc1)c1cc3cccc4c3c(c1N2c1ccccc1)CC=C4.C1=Cc2cccc3cc4c(c(c23)C1)N(c1ccccc1)c1ccc(-c2cccc3c2sc2ccccc23)cc1N4c1ccccc1. The standard InChI is InChI=1S/C43H28N2S.C31H21BrN2/c1-3-15-31(16-4-1)44-38-26-29(33-20-11-21-35-34-19-7-8-23-40(34)46-43(33)35)24-25-37(38)45(32-17-5-2-6-18-32)42-36-22-10-13-28-12-9-14-30(41(28)36)27-39(42)44;32-23-17-18-27-28(20-23)33(24-12-3-1-4-13-24)29-19-22-11-7-9-21-10-8-16-26(30(21)22)31(29)34(27)25-14-5-2-6-15-25/h1-21,23-27H,22H2;1-15,17-20H,16H2. The molecule has 2 aliphatic heterocycles. The molecule has 0 N–H and O–H groups in total. The van der Waals surface area contributed by atoms with Crippen LogP contribution in [0.2, 0.25) is 0 Å². The number of benzene rings is 12. The van der Waals surface area contributed by atoms with Crippen molar-refractivity contribution in [3.8, 4) is 11.1 Å². The Bertz CT molecular complexity index is 4680. The molecule has 13 aromatic rings. The molecule has 0 atom stereocenters. The van der Waals surface area contributed by atoms with Crippen LogP contribution in [0.1, 0.15) is 22.3 Å². The third kappa shape index (κ3) is 7.40. The van der Waals surface area contributed by atoms with Gasteiger partial charge in [-0.3, -0.25) is 0 Å². The molecular weight excluding hydrogens is 1060 g/mol. The molecule has 4 nitrogen and oxygen atoms in total. The van der Waals surface area contributed by atoms with E-state index >= 15 is 0 Å². The lowest BCUT2D eigenvalue weighted by atomic mass is 9.88. The van der Waals surface area contributed by atoms with Crippen LogP contribution in [0.3, 0.4) is 0 Å². The van der Waals surface area contributed by atoms with Gasteiger partial charge in [0, 0.05) is 47.4 Å². The number of anilines is 12. The molecule has 0 spiro atoms. The fraction of sp³-hybridized carbons (Fsp3) is 0.0270. The topological polar surface area (TPSA) is 13.0 Å². The number of allylic oxidation sites excluding steroid dienone is 2. The zero-order valence-corrected chi connectivity index (χ0v) is 45.9. The van der Waals surface area contributed by atoms with Crippen molar-refractivity contribution in [2.24, 2.45) is 0 Å². The number of thiophene rings is 1. The van der Waals surface area contributed by atoms with Crippen LogP contribution >= 0.6 is 27.3 Å². The third-order valence-electron chi connectivity index (χ3n) is 16.3. The van der Waals surface area contributed by atoms with Gasteiger partial charge in [0.2, 0.25) is 0 Å². The summed E-state index contributed by atoms with van der Waals surface area (Å²) in [7, 11) is 0. The van der Waals surface area contributed by atoms with Gasteiger partial charge in [-0.25, -0.2) is 0 Å². The van der Waals surface area contributed by atoms with Crippen molar-refractivity contribution in [1.82, 2.24) is 0 Å². The second-order valence-electron chi connectivity index (χ2n) is 20.9. The van der Waals surface area contributed by atoms with E-state index in [1.807, 2.05) is 11.3 Å². The van der Waals surface area contributed by atoms with Gasteiger partial charge in [0.15, 0.2) is 0 Å². The summed E-state index contributed by atoms with van der Waals surface area (Å²) in [5, 5.41) is 7.92. The van der Waals surface area contributed by atoms with Crippen molar-refractivity contribution in [3.05, 3.63) is 288 Å². The Hall–Kier alpha value is -9.46. The molecule has 80 heavy (non-hydrogen) atoms. The van der Waals surface area contributed by atoms with E-state index in [4.69, 9.17) is 0 Å². The second kappa shape index (κ2) is 18.9. The smallest absolute Gasteiger partial charge is 0.0745 e. The largest absolute Gasteiger partial charge is 0.306 e. The molecular formula is C74H49BrN4S. The van der Waals surface area contributed by atoms with E-state index in [0.29, 0.717) is 0 Å². The van der Waals surface area contributed by atoms with Crippen molar-refractivity contribution in [3.63, 3.8) is 0 Å². The number of nitrogens with zero attached hydrogens (tertiary/aromatic N) is 4. The Labute approximate surface area is 477 Å². The number of hydrogen-bond acceptors (Lipinski definition) is 5. The summed E-state index contributed by atoms with van der Waals surface area (Å²) in [4.78, 5) is 9.84. The van der Waals surface area contributed by atoms with E-state index in [1.165, 1.54) is 126 Å². The predicted molar refractivity (Wildman–Crippen MR) is 345 cm³/mol. The van der Waals surface area contributed by atoms with Gasteiger partial charge in [-0.05, 0) is 165 Å². The van der Waals surface area contributed by atoms with Crippen molar-refractivity contribution >= 4 is 149 Å². The van der Waals surface area contributed by atoms with Crippen molar-refractivity contribution in [2.45, 2.75) is 12.8 Å². The Morgan fingerprint density at radius 3 is 1.36 bits per heavy atom. The van der Waals surface area contributed by atoms with E-state index in [2.05, 4.69) is 309 Å². The van der Waals surface area contributed by atoms with E-state index in [0.717, 1.165) is 34.4 Å². The first-order chi connectivity index (χ1) is 39.6. The summed E-state index contributed by atoms with van der Waals surface area (Å²) in [6.07, 6.45) is 11.0. The molecule has 12 aromatic carbocycles. The molecule has 0 amide bonds. The van der Waals surface area contributed by atoms with Crippen molar-refractivity contribution < 1.29 is 0 Å². The van der Waals surface area contributed by atoms with Crippen LogP contribution in [-0.4, -0.2) is 0 Å². The maximum absolute atomic E-state index is 3.74. The van der Waals surface area contributed by atoms with Gasteiger partial charge >= 0.3 is 0 Å². The number of fused-ring (bicyclic) bond motifs is 9. The summed E-state index contributed by atoms with van der Waals surface area (Å²) in [5.74, 6) is 0. The lowest BCUT2D eigenvalue weighted by molar-refractivity contribution is 1.14. The minimum absolute atomic E-state index is 0.893. The predicted octanol–water partition coefficient (Wildman–Crippen LogP) is 22.1. The average Bonchev–Trinajstić information content (AvgIpc) is 3.94. The van der Waals surface area contributed by atoms with Crippen LogP contribution in [-0.2, 0) is 12.8 Å². The first-order valence-electron chi connectivity index (χ1n) is 27.4. The number of para-hydroxylation sites is 4. The molecule has 0 radical (unpaired) electrons. The molecule has 4 aliphatic rings. The van der Waals surface area contributed by atoms with Gasteiger partial charge in [0.1, 0.15) is 0 Å². The quantitative estimate of drug-likeness (QED) is 0.170. The van der Waals surface area contributed by atoms with Crippen LogP contribution < -0.4 is 19.6 Å². The van der Waals surface area contributed by atoms with E-state index in [1.54, 1.807) is 0 Å². The van der Waals surface area contributed by atoms with E-state index in [-0.39, 0.29) is 0 Å². The normalized spacial score (nSPS) is 13.5. The Morgan fingerprint density at radius 2 is 0.812 bits per heavy atom. The zero-order valence-electron chi connectivity index (χ0n) is 43.5. The maximum Gasteiger partial charge on any atom is 0.0745 e. The Balaban J connectivity index is 0.000000139. The number of rotatable bonds is 5. The van der Waals surface area contributed by atoms with Crippen LogP contribution in [0, 0.1) is 0 Å². The fourth-order valence-electron chi connectivity index (χ4n) is 13.0. The fourth-order valence-corrected chi connectivity index (χ4v) is 14.6. The second-order valence-corrected chi connectivity index (χ2v) is 22.8. The van der Waals surface area contributed by atoms with Crippen LogP contribution in [0.25, 0.3) is 65.0 Å². The van der Waals surface area contributed by atoms with E-state index < -0.39 is 0 Å². The highest BCUT2D eigenvalue weighted by Gasteiger charge is 2.36. The summed E-state index contributed by atoms with van der Waals surface area (Å²) >= 11 is 5.63. The van der Waals surface area contributed by atoms with Gasteiger partial charge in [-0.1, -0.05) is 192 Å². The molecule has 1 aromatic heterocycles. The Kier molecular flexibility index (Phi) is 11.0.